The van der Waals surface area contributed by atoms with E-state index < -0.39 is 9.84 Å². The molecule has 0 saturated carbocycles. The second-order valence-electron chi connectivity index (χ2n) is 5.67. The lowest BCUT2D eigenvalue weighted by molar-refractivity contribution is 0.488. The zero-order chi connectivity index (χ0) is 16.9. The molecule has 0 unspecified atom stereocenters. The molecule has 0 saturated heterocycles. The van der Waals surface area contributed by atoms with Crippen molar-refractivity contribution in [1.29, 1.82) is 0 Å². The maximum atomic E-state index is 13.0. The number of furan rings is 1. The summed E-state index contributed by atoms with van der Waals surface area (Å²) in [7, 11) is -3.76. The van der Waals surface area contributed by atoms with Gasteiger partial charge in [0.15, 0.2) is 0 Å². The van der Waals surface area contributed by atoms with Crippen LogP contribution in [-0.4, -0.2) is 15.0 Å². The lowest BCUT2D eigenvalue weighted by Gasteiger charge is -2.11. The molecule has 4 nitrogen and oxygen atoms in total. The normalized spacial score (nSPS) is 14.8. The van der Waals surface area contributed by atoms with Gasteiger partial charge in [0.05, 0.1) is 21.4 Å². The Balaban J connectivity index is 1.91. The van der Waals surface area contributed by atoms with E-state index in [0.29, 0.717) is 17.2 Å². The molecule has 2 heterocycles. The highest BCUT2D eigenvalue weighted by Gasteiger charge is 2.24. The molecule has 4 rings (SSSR count). The summed E-state index contributed by atoms with van der Waals surface area (Å²) in [5.74, 6) is 0.867. The van der Waals surface area contributed by atoms with Crippen LogP contribution in [0.3, 0.4) is 0 Å². The van der Waals surface area contributed by atoms with E-state index in [2.05, 4.69) is 5.32 Å². The Labute approximate surface area is 149 Å². The quantitative estimate of drug-likeness (QED) is 0.721. The maximum absolute atomic E-state index is 13.0. The van der Waals surface area contributed by atoms with E-state index in [-0.39, 0.29) is 14.8 Å². The van der Waals surface area contributed by atoms with Crippen LogP contribution in [-0.2, 0) is 22.8 Å². The Morgan fingerprint density at radius 3 is 2.75 bits per heavy atom. The predicted octanol–water partition coefficient (Wildman–Crippen LogP) is 4.22. The summed E-state index contributed by atoms with van der Waals surface area (Å²) in [5, 5.41) is 4.56. The van der Waals surface area contributed by atoms with E-state index in [1.807, 2.05) is 0 Å². The number of hydrogen-bond acceptors (Lipinski definition) is 4. The number of hydrogen-bond donors (Lipinski definition) is 1. The van der Waals surface area contributed by atoms with Gasteiger partial charge in [-0.15, -0.1) is 0 Å². The Bertz CT molecular complexity index is 1060. The van der Waals surface area contributed by atoms with Crippen molar-refractivity contribution in [2.75, 3.05) is 6.54 Å². The standard InChI is InChI=1S/C17H13Cl2NO3S/c18-10-1-3-14(19)17(7-10)24(21,22)11-2-4-15-13(8-11)12-5-6-20-9-16(12)23-15/h1-4,7-8,20H,5-6,9H2. The summed E-state index contributed by atoms with van der Waals surface area (Å²) in [6.45, 7) is 1.50. The average Bonchev–Trinajstić information content (AvgIpc) is 2.94. The Morgan fingerprint density at radius 2 is 1.92 bits per heavy atom. The third-order valence-electron chi connectivity index (χ3n) is 4.18. The molecule has 1 aromatic heterocycles. The molecular weight excluding hydrogens is 369 g/mol. The number of halogens is 2. The molecule has 1 aliphatic rings. The van der Waals surface area contributed by atoms with Gasteiger partial charge in [-0.05, 0) is 49.4 Å². The minimum Gasteiger partial charge on any atom is -0.459 e. The topological polar surface area (TPSA) is 59.3 Å². The molecule has 0 fully saturated rings. The van der Waals surface area contributed by atoms with Crippen LogP contribution >= 0.6 is 23.2 Å². The van der Waals surface area contributed by atoms with E-state index in [9.17, 15) is 8.42 Å². The first-order valence-corrected chi connectivity index (χ1v) is 9.66. The van der Waals surface area contributed by atoms with Crippen LogP contribution in [0.2, 0.25) is 10.0 Å². The van der Waals surface area contributed by atoms with Crippen molar-refractivity contribution in [2.45, 2.75) is 22.8 Å². The lowest BCUT2D eigenvalue weighted by atomic mass is 10.1. The molecule has 3 aromatic rings. The SMILES string of the molecule is O=S(=O)(c1ccc2oc3c(c2c1)CCNC3)c1cc(Cl)ccc1Cl. The van der Waals surface area contributed by atoms with E-state index in [0.717, 1.165) is 29.7 Å². The van der Waals surface area contributed by atoms with E-state index in [4.69, 9.17) is 27.6 Å². The summed E-state index contributed by atoms with van der Waals surface area (Å²) in [6.07, 6.45) is 0.809. The first kappa shape index (κ1) is 16.0. The smallest absolute Gasteiger partial charge is 0.208 e. The molecule has 0 aliphatic carbocycles. The summed E-state index contributed by atoms with van der Waals surface area (Å²) in [4.78, 5) is 0.191. The molecule has 24 heavy (non-hydrogen) atoms. The highest BCUT2D eigenvalue weighted by molar-refractivity contribution is 7.91. The molecule has 2 aromatic carbocycles. The molecule has 0 spiro atoms. The highest BCUT2D eigenvalue weighted by atomic mass is 35.5. The lowest BCUT2D eigenvalue weighted by Crippen LogP contribution is -2.22. The van der Waals surface area contributed by atoms with Gasteiger partial charge in [-0.1, -0.05) is 23.2 Å². The fourth-order valence-electron chi connectivity index (χ4n) is 2.99. The largest absolute Gasteiger partial charge is 0.459 e. The predicted molar refractivity (Wildman–Crippen MR) is 93.5 cm³/mol. The molecular formula is C17H13Cl2NO3S. The van der Waals surface area contributed by atoms with Gasteiger partial charge in [0.25, 0.3) is 0 Å². The Morgan fingerprint density at radius 1 is 1.08 bits per heavy atom. The number of sulfone groups is 1. The molecule has 0 amide bonds. The summed E-state index contributed by atoms with van der Waals surface area (Å²) >= 11 is 12.0. The zero-order valence-electron chi connectivity index (χ0n) is 12.5. The van der Waals surface area contributed by atoms with Gasteiger partial charge < -0.3 is 9.73 Å². The van der Waals surface area contributed by atoms with Gasteiger partial charge in [0.2, 0.25) is 9.84 Å². The van der Waals surface area contributed by atoms with Crippen molar-refractivity contribution < 1.29 is 12.8 Å². The van der Waals surface area contributed by atoms with Gasteiger partial charge in [0, 0.05) is 16.0 Å². The van der Waals surface area contributed by atoms with E-state index in [1.54, 1.807) is 18.2 Å². The van der Waals surface area contributed by atoms with Gasteiger partial charge in [-0.3, -0.25) is 0 Å². The maximum Gasteiger partial charge on any atom is 0.208 e. The Hall–Kier alpha value is -1.53. The number of fused-ring (bicyclic) bond motifs is 3. The van der Waals surface area contributed by atoms with Crippen molar-refractivity contribution >= 4 is 44.0 Å². The first-order chi connectivity index (χ1) is 11.5. The van der Waals surface area contributed by atoms with Crippen molar-refractivity contribution in [2.24, 2.45) is 0 Å². The fraction of sp³-hybridized carbons (Fsp3) is 0.176. The van der Waals surface area contributed by atoms with Gasteiger partial charge in [-0.25, -0.2) is 8.42 Å². The second kappa shape index (κ2) is 5.77. The summed E-state index contributed by atoms with van der Waals surface area (Å²) in [6, 6.07) is 9.32. The van der Waals surface area contributed by atoms with E-state index >= 15 is 0 Å². The van der Waals surface area contributed by atoms with Gasteiger partial charge >= 0.3 is 0 Å². The van der Waals surface area contributed by atoms with Gasteiger partial charge in [-0.2, -0.15) is 0 Å². The monoisotopic (exact) mass is 381 g/mol. The van der Waals surface area contributed by atoms with E-state index in [1.165, 1.54) is 18.2 Å². The molecule has 0 atom stereocenters. The number of rotatable bonds is 2. The van der Waals surface area contributed by atoms with Crippen LogP contribution < -0.4 is 5.32 Å². The summed E-state index contributed by atoms with van der Waals surface area (Å²) in [5.41, 5.74) is 1.76. The van der Waals surface area contributed by atoms with Crippen LogP contribution in [0.25, 0.3) is 11.0 Å². The van der Waals surface area contributed by atoms with Crippen LogP contribution in [0.5, 0.6) is 0 Å². The third-order valence-corrected chi connectivity index (χ3v) is 6.64. The zero-order valence-corrected chi connectivity index (χ0v) is 14.8. The van der Waals surface area contributed by atoms with Crippen LogP contribution in [0.1, 0.15) is 11.3 Å². The molecule has 1 N–H and O–H groups in total. The third kappa shape index (κ3) is 2.52. The fourth-order valence-corrected chi connectivity index (χ4v) is 5.03. The van der Waals surface area contributed by atoms with Crippen LogP contribution in [0, 0.1) is 0 Å². The van der Waals surface area contributed by atoms with Gasteiger partial charge in [0.1, 0.15) is 11.3 Å². The van der Waals surface area contributed by atoms with Crippen molar-refractivity contribution in [3.8, 4) is 0 Å². The minimum atomic E-state index is -3.76. The Kier molecular flexibility index (Phi) is 3.84. The first-order valence-electron chi connectivity index (χ1n) is 7.42. The molecule has 1 aliphatic heterocycles. The summed E-state index contributed by atoms with van der Waals surface area (Å²) < 4.78 is 31.7. The number of nitrogens with one attached hydrogen (secondary N) is 1. The minimum absolute atomic E-state index is 0.00930. The number of benzene rings is 2. The second-order valence-corrected chi connectivity index (χ2v) is 8.43. The molecule has 0 radical (unpaired) electrons. The average molecular weight is 382 g/mol. The van der Waals surface area contributed by atoms with Crippen molar-refractivity contribution in [1.82, 2.24) is 5.32 Å². The van der Waals surface area contributed by atoms with Crippen LogP contribution in [0.15, 0.2) is 50.6 Å². The highest BCUT2D eigenvalue weighted by Crippen LogP contribution is 2.34. The van der Waals surface area contributed by atoms with Crippen molar-refractivity contribution in [3.63, 3.8) is 0 Å². The molecule has 7 heteroatoms. The molecule has 124 valence electrons. The molecule has 0 bridgehead atoms. The van der Waals surface area contributed by atoms with Crippen LogP contribution in [0.4, 0.5) is 0 Å². The van der Waals surface area contributed by atoms with Crippen molar-refractivity contribution in [3.05, 3.63) is 57.8 Å².